The van der Waals surface area contributed by atoms with Gasteiger partial charge in [0.05, 0.1) is 38.9 Å². The van der Waals surface area contributed by atoms with Crippen LogP contribution in [0.5, 0.6) is 5.75 Å². The van der Waals surface area contributed by atoms with Crippen molar-refractivity contribution >= 4 is 58.1 Å². The van der Waals surface area contributed by atoms with Crippen LogP contribution >= 0.6 is 47.0 Å². The molecule has 0 aliphatic heterocycles. The van der Waals surface area contributed by atoms with Crippen molar-refractivity contribution in [1.29, 1.82) is 0 Å². The zero-order valence-electron chi connectivity index (χ0n) is 10.8. The molecule has 3 nitrogen and oxygen atoms in total. The highest BCUT2D eigenvalue weighted by molar-refractivity contribution is 7.71. The van der Waals surface area contributed by atoms with E-state index >= 15 is 0 Å². The second kappa shape index (κ2) is 5.54. The molecule has 0 unspecified atom stereocenters. The molecule has 0 bridgehead atoms. The van der Waals surface area contributed by atoms with Gasteiger partial charge in [-0.25, -0.2) is 0 Å². The van der Waals surface area contributed by atoms with Crippen molar-refractivity contribution in [2.45, 2.75) is 0 Å². The Hall–Kier alpha value is -1.20. The lowest BCUT2D eigenvalue weighted by atomic mass is 10.2. The molecule has 21 heavy (non-hydrogen) atoms. The van der Waals surface area contributed by atoms with E-state index in [1.54, 1.807) is 19.2 Å². The molecule has 0 amide bonds. The second-order valence-electron chi connectivity index (χ2n) is 4.37. The van der Waals surface area contributed by atoms with Gasteiger partial charge in [-0.15, -0.1) is 0 Å². The number of H-pyrrole nitrogens is 1. The minimum absolute atomic E-state index is 0.401. The Bertz CT molecular complexity index is 901. The van der Waals surface area contributed by atoms with E-state index in [0.29, 0.717) is 25.5 Å². The largest absolute Gasteiger partial charge is 0.497 e. The van der Waals surface area contributed by atoms with Crippen LogP contribution < -0.4 is 4.74 Å². The number of hydrogen-bond donors (Lipinski definition) is 1. The minimum Gasteiger partial charge on any atom is -0.497 e. The van der Waals surface area contributed by atoms with Crippen LogP contribution in [0, 0.1) is 4.77 Å². The summed E-state index contributed by atoms with van der Waals surface area (Å²) >= 11 is 23.7. The lowest BCUT2D eigenvalue weighted by Crippen LogP contribution is -1.95. The third kappa shape index (κ3) is 2.53. The maximum atomic E-state index is 6.28. The molecule has 0 fully saturated rings. The summed E-state index contributed by atoms with van der Waals surface area (Å²) in [5.74, 6) is 0.742. The summed E-state index contributed by atoms with van der Waals surface area (Å²) in [4.78, 5) is 3.12. The monoisotopic (exact) mass is 358 g/mol. The van der Waals surface area contributed by atoms with Gasteiger partial charge < -0.3 is 9.72 Å². The normalized spacial score (nSPS) is 11.0. The number of nitrogens with one attached hydrogen (secondary N) is 1. The highest BCUT2D eigenvalue weighted by atomic mass is 35.5. The van der Waals surface area contributed by atoms with Crippen molar-refractivity contribution < 1.29 is 4.74 Å². The highest BCUT2D eigenvalue weighted by Crippen LogP contribution is 2.33. The molecule has 0 atom stereocenters. The molecule has 3 rings (SSSR count). The van der Waals surface area contributed by atoms with Crippen molar-refractivity contribution in [3.05, 3.63) is 50.2 Å². The van der Waals surface area contributed by atoms with Crippen LogP contribution in [-0.4, -0.2) is 16.7 Å². The summed E-state index contributed by atoms with van der Waals surface area (Å²) < 4.78 is 7.53. The number of fused-ring (bicyclic) bond motifs is 1. The van der Waals surface area contributed by atoms with Crippen LogP contribution in [0.25, 0.3) is 16.7 Å². The number of hydrogen-bond acceptors (Lipinski definition) is 2. The Kier molecular flexibility index (Phi) is 3.88. The van der Waals surface area contributed by atoms with Crippen LogP contribution in [-0.2, 0) is 0 Å². The average molecular weight is 360 g/mol. The molecule has 1 aromatic heterocycles. The lowest BCUT2D eigenvalue weighted by molar-refractivity contribution is 0.415. The van der Waals surface area contributed by atoms with E-state index in [2.05, 4.69) is 4.98 Å². The van der Waals surface area contributed by atoms with E-state index in [-0.39, 0.29) is 0 Å². The summed E-state index contributed by atoms with van der Waals surface area (Å²) in [6.45, 7) is 0. The van der Waals surface area contributed by atoms with Gasteiger partial charge in [-0.2, -0.15) is 0 Å². The third-order valence-electron chi connectivity index (χ3n) is 3.12. The Morgan fingerprint density at radius 2 is 1.76 bits per heavy atom. The van der Waals surface area contributed by atoms with Gasteiger partial charge in [0.15, 0.2) is 4.77 Å². The quantitative estimate of drug-likeness (QED) is 0.473. The number of imidazole rings is 1. The molecule has 0 radical (unpaired) electrons. The van der Waals surface area contributed by atoms with Gasteiger partial charge in [0, 0.05) is 6.07 Å². The predicted octanol–water partition coefficient (Wildman–Crippen LogP) is 5.66. The Morgan fingerprint density at radius 3 is 2.48 bits per heavy atom. The molecule has 1 N–H and O–H groups in total. The first-order valence-electron chi connectivity index (χ1n) is 5.95. The Labute approximate surface area is 141 Å². The smallest absolute Gasteiger partial charge is 0.182 e. The standard InChI is InChI=1S/C14H9Cl3N2OS/c1-20-7-2-3-12-11(4-7)18-14(21)19(12)13-6-9(16)8(15)5-10(13)17/h2-6H,1H3,(H,18,21). The van der Waals surface area contributed by atoms with E-state index in [1.165, 1.54) is 0 Å². The highest BCUT2D eigenvalue weighted by Gasteiger charge is 2.13. The minimum atomic E-state index is 0.401. The topological polar surface area (TPSA) is 29.9 Å². The molecule has 0 spiro atoms. The molecule has 3 aromatic rings. The zero-order valence-corrected chi connectivity index (χ0v) is 13.9. The van der Waals surface area contributed by atoms with Crippen molar-refractivity contribution in [1.82, 2.24) is 9.55 Å². The summed E-state index contributed by atoms with van der Waals surface area (Å²) in [7, 11) is 1.61. The van der Waals surface area contributed by atoms with E-state index in [0.717, 1.165) is 16.8 Å². The number of halogens is 3. The molecule has 1 heterocycles. The molecule has 0 saturated heterocycles. The summed E-state index contributed by atoms with van der Waals surface area (Å²) in [6, 6.07) is 8.92. The molecule has 0 saturated carbocycles. The molecular formula is C14H9Cl3N2OS. The number of aromatic amines is 1. The molecule has 7 heteroatoms. The van der Waals surface area contributed by atoms with Gasteiger partial charge in [-0.3, -0.25) is 4.57 Å². The van der Waals surface area contributed by atoms with Gasteiger partial charge in [-0.1, -0.05) is 34.8 Å². The molecule has 0 aliphatic rings. The van der Waals surface area contributed by atoms with E-state index < -0.39 is 0 Å². The molecular weight excluding hydrogens is 351 g/mol. The van der Waals surface area contributed by atoms with Crippen LogP contribution in [0.3, 0.4) is 0 Å². The van der Waals surface area contributed by atoms with Crippen molar-refractivity contribution in [2.75, 3.05) is 7.11 Å². The van der Waals surface area contributed by atoms with Crippen LogP contribution in [0.1, 0.15) is 0 Å². The fourth-order valence-electron chi connectivity index (χ4n) is 2.14. The maximum Gasteiger partial charge on any atom is 0.182 e. The van der Waals surface area contributed by atoms with Crippen LogP contribution in [0.2, 0.25) is 15.1 Å². The first-order valence-corrected chi connectivity index (χ1v) is 7.49. The Morgan fingerprint density at radius 1 is 1.05 bits per heavy atom. The van der Waals surface area contributed by atoms with Crippen molar-refractivity contribution in [3.8, 4) is 11.4 Å². The molecule has 0 aliphatic carbocycles. The molecule has 108 valence electrons. The number of aromatic nitrogens is 2. The molecule has 2 aromatic carbocycles. The van der Waals surface area contributed by atoms with Crippen molar-refractivity contribution in [3.63, 3.8) is 0 Å². The lowest BCUT2D eigenvalue weighted by Gasteiger charge is -2.09. The van der Waals surface area contributed by atoms with Gasteiger partial charge in [-0.05, 0) is 36.5 Å². The van der Waals surface area contributed by atoms with Gasteiger partial charge in [0.25, 0.3) is 0 Å². The maximum absolute atomic E-state index is 6.28. The third-order valence-corrected chi connectivity index (χ3v) is 4.43. The number of rotatable bonds is 2. The zero-order chi connectivity index (χ0) is 15.1. The van der Waals surface area contributed by atoms with Gasteiger partial charge in [0.2, 0.25) is 0 Å². The first kappa shape index (κ1) is 14.7. The predicted molar refractivity (Wildman–Crippen MR) is 90.0 cm³/mol. The second-order valence-corrected chi connectivity index (χ2v) is 5.97. The fraction of sp³-hybridized carbons (Fsp3) is 0.0714. The number of benzene rings is 2. The Balaban J connectivity index is 2.33. The number of methoxy groups -OCH3 is 1. The van der Waals surface area contributed by atoms with E-state index in [4.69, 9.17) is 51.8 Å². The number of ether oxygens (including phenoxy) is 1. The van der Waals surface area contributed by atoms with Crippen molar-refractivity contribution in [2.24, 2.45) is 0 Å². The average Bonchev–Trinajstić information content (AvgIpc) is 2.77. The summed E-state index contributed by atoms with van der Waals surface area (Å²) in [5.41, 5.74) is 2.40. The number of nitrogens with zero attached hydrogens (tertiary/aromatic N) is 1. The SMILES string of the molecule is COc1ccc2c(c1)[nH]c(=S)n2-c1cc(Cl)c(Cl)cc1Cl. The van der Waals surface area contributed by atoms with Crippen LogP contribution in [0.15, 0.2) is 30.3 Å². The summed E-state index contributed by atoms with van der Waals surface area (Å²) in [6.07, 6.45) is 0. The first-order chi connectivity index (χ1) is 10.0. The van der Waals surface area contributed by atoms with E-state index in [1.807, 2.05) is 22.8 Å². The van der Waals surface area contributed by atoms with Gasteiger partial charge >= 0.3 is 0 Å². The van der Waals surface area contributed by atoms with E-state index in [9.17, 15) is 0 Å². The van der Waals surface area contributed by atoms with Crippen LogP contribution in [0.4, 0.5) is 0 Å². The van der Waals surface area contributed by atoms with Gasteiger partial charge in [0.1, 0.15) is 5.75 Å². The summed E-state index contributed by atoms with van der Waals surface area (Å²) in [5, 5.41) is 1.29. The fourth-order valence-corrected chi connectivity index (χ4v) is 3.07.